The standard InChI is InChI=1S/C19H15NO4/c1-11(21)23-14-6-4-12(5-7-14)18(22)17-15-10-20-9-8-16(15)24-19(17)13-2-3-13/h4-10,13H,2-3H2,1H3. The summed E-state index contributed by atoms with van der Waals surface area (Å²) in [6.45, 7) is 1.34. The van der Waals surface area contributed by atoms with Crippen molar-refractivity contribution >= 4 is 22.7 Å². The molecule has 1 aromatic carbocycles. The molecule has 2 aromatic heterocycles. The smallest absolute Gasteiger partial charge is 0.308 e. The molecule has 24 heavy (non-hydrogen) atoms. The van der Waals surface area contributed by atoms with E-state index < -0.39 is 5.97 Å². The van der Waals surface area contributed by atoms with E-state index in [9.17, 15) is 9.59 Å². The number of ether oxygens (including phenoxy) is 1. The molecule has 0 unspecified atom stereocenters. The summed E-state index contributed by atoms with van der Waals surface area (Å²) in [5.74, 6) is 0.999. The van der Waals surface area contributed by atoms with Crippen molar-refractivity contribution in [3.63, 3.8) is 0 Å². The molecule has 1 aliphatic carbocycles. The summed E-state index contributed by atoms with van der Waals surface area (Å²) in [6.07, 6.45) is 5.41. The van der Waals surface area contributed by atoms with Crippen molar-refractivity contribution in [2.75, 3.05) is 0 Å². The van der Waals surface area contributed by atoms with Crippen LogP contribution in [0.25, 0.3) is 11.0 Å². The lowest BCUT2D eigenvalue weighted by Crippen LogP contribution is -2.05. The molecule has 0 aliphatic heterocycles. The van der Waals surface area contributed by atoms with Crippen LogP contribution in [-0.2, 0) is 4.79 Å². The topological polar surface area (TPSA) is 69.4 Å². The maximum absolute atomic E-state index is 13.0. The van der Waals surface area contributed by atoms with E-state index in [0.29, 0.717) is 28.4 Å². The third-order valence-electron chi connectivity index (χ3n) is 4.07. The highest BCUT2D eigenvalue weighted by atomic mass is 16.5. The molecule has 0 amide bonds. The quantitative estimate of drug-likeness (QED) is 0.414. The molecule has 0 N–H and O–H groups in total. The highest BCUT2D eigenvalue weighted by molar-refractivity contribution is 6.16. The summed E-state index contributed by atoms with van der Waals surface area (Å²) in [5.41, 5.74) is 1.81. The number of nitrogens with zero attached hydrogens (tertiary/aromatic N) is 1. The Morgan fingerprint density at radius 2 is 1.92 bits per heavy atom. The van der Waals surface area contributed by atoms with Gasteiger partial charge in [0.1, 0.15) is 17.1 Å². The van der Waals surface area contributed by atoms with E-state index in [2.05, 4.69) is 4.98 Å². The van der Waals surface area contributed by atoms with Gasteiger partial charge in [-0.25, -0.2) is 0 Å². The van der Waals surface area contributed by atoms with Crippen LogP contribution in [0.1, 0.15) is 47.4 Å². The van der Waals surface area contributed by atoms with Crippen LogP contribution in [0.2, 0.25) is 0 Å². The minimum atomic E-state index is -0.392. The van der Waals surface area contributed by atoms with Crippen LogP contribution >= 0.6 is 0 Å². The lowest BCUT2D eigenvalue weighted by molar-refractivity contribution is -0.131. The second-order valence-corrected chi connectivity index (χ2v) is 5.93. The molecule has 1 aliphatic rings. The molecule has 0 atom stereocenters. The van der Waals surface area contributed by atoms with Gasteiger partial charge in [0, 0.05) is 30.8 Å². The zero-order valence-electron chi connectivity index (χ0n) is 13.1. The molecule has 0 bridgehead atoms. The second kappa shape index (κ2) is 5.60. The zero-order chi connectivity index (χ0) is 16.7. The van der Waals surface area contributed by atoms with Crippen LogP contribution in [-0.4, -0.2) is 16.7 Å². The van der Waals surface area contributed by atoms with E-state index in [0.717, 1.165) is 24.0 Å². The Kier molecular flexibility index (Phi) is 3.41. The number of carbonyl (C=O) groups is 2. The average molecular weight is 321 g/mol. The number of ketones is 1. The summed E-state index contributed by atoms with van der Waals surface area (Å²) in [7, 11) is 0. The summed E-state index contributed by atoms with van der Waals surface area (Å²) >= 11 is 0. The first kappa shape index (κ1) is 14.6. The van der Waals surface area contributed by atoms with Gasteiger partial charge in [0.15, 0.2) is 5.78 Å². The molecule has 1 saturated carbocycles. The molecular weight excluding hydrogens is 306 g/mol. The number of benzene rings is 1. The second-order valence-electron chi connectivity index (χ2n) is 5.93. The number of carbonyl (C=O) groups excluding carboxylic acids is 2. The third kappa shape index (κ3) is 2.58. The minimum absolute atomic E-state index is 0.0991. The number of esters is 1. The van der Waals surface area contributed by atoms with Crippen molar-refractivity contribution in [3.05, 3.63) is 59.6 Å². The van der Waals surface area contributed by atoms with Gasteiger partial charge < -0.3 is 9.15 Å². The Hall–Kier alpha value is -2.95. The highest BCUT2D eigenvalue weighted by Crippen LogP contribution is 2.45. The fourth-order valence-corrected chi connectivity index (χ4v) is 2.81. The fourth-order valence-electron chi connectivity index (χ4n) is 2.81. The van der Waals surface area contributed by atoms with Crippen LogP contribution < -0.4 is 4.74 Å². The molecule has 5 nitrogen and oxygen atoms in total. The Labute approximate surface area is 138 Å². The number of fused-ring (bicyclic) bond motifs is 1. The predicted molar refractivity (Wildman–Crippen MR) is 87.2 cm³/mol. The first-order valence-corrected chi connectivity index (χ1v) is 7.83. The summed E-state index contributed by atoms with van der Waals surface area (Å²) in [6, 6.07) is 8.33. The maximum Gasteiger partial charge on any atom is 0.308 e. The Morgan fingerprint density at radius 3 is 2.58 bits per heavy atom. The zero-order valence-corrected chi connectivity index (χ0v) is 13.1. The SMILES string of the molecule is CC(=O)Oc1ccc(C(=O)c2c(C3CC3)oc3ccncc23)cc1. The average Bonchev–Trinajstić information content (AvgIpc) is 3.34. The highest BCUT2D eigenvalue weighted by Gasteiger charge is 2.34. The van der Waals surface area contributed by atoms with E-state index in [4.69, 9.17) is 9.15 Å². The number of pyridine rings is 1. The van der Waals surface area contributed by atoms with E-state index in [1.165, 1.54) is 6.92 Å². The van der Waals surface area contributed by atoms with E-state index in [1.54, 1.807) is 42.7 Å². The molecule has 2 heterocycles. The molecule has 0 spiro atoms. The van der Waals surface area contributed by atoms with Gasteiger partial charge in [0.25, 0.3) is 0 Å². The van der Waals surface area contributed by atoms with Gasteiger partial charge in [-0.1, -0.05) is 0 Å². The van der Waals surface area contributed by atoms with E-state index in [1.807, 2.05) is 0 Å². The molecule has 0 radical (unpaired) electrons. The Bertz CT molecular complexity index is 936. The lowest BCUT2D eigenvalue weighted by atomic mass is 9.99. The van der Waals surface area contributed by atoms with Crippen LogP contribution in [0.4, 0.5) is 0 Å². The predicted octanol–water partition coefficient (Wildman–Crippen LogP) is 3.86. The largest absolute Gasteiger partial charge is 0.460 e. The molecule has 5 heteroatoms. The molecule has 4 rings (SSSR count). The van der Waals surface area contributed by atoms with Crippen LogP contribution in [0.5, 0.6) is 5.75 Å². The number of hydrogen-bond acceptors (Lipinski definition) is 5. The van der Waals surface area contributed by atoms with Crippen molar-refractivity contribution in [3.8, 4) is 5.75 Å². The number of hydrogen-bond donors (Lipinski definition) is 0. The fraction of sp³-hybridized carbons (Fsp3) is 0.211. The van der Waals surface area contributed by atoms with Crippen LogP contribution in [0, 0.1) is 0 Å². The van der Waals surface area contributed by atoms with Crippen molar-refractivity contribution in [1.82, 2.24) is 4.98 Å². The normalized spacial score (nSPS) is 13.9. The van der Waals surface area contributed by atoms with Gasteiger partial charge in [-0.05, 0) is 43.2 Å². The molecule has 3 aromatic rings. The van der Waals surface area contributed by atoms with Gasteiger partial charge in [-0.3, -0.25) is 14.6 Å². The maximum atomic E-state index is 13.0. The molecule has 1 fully saturated rings. The van der Waals surface area contributed by atoms with E-state index in [-0.39, 0.29) is 5.78 Å². The van der Waals surface area contributed by atoms with Gasteiger partial charge in [0.05, 0.1) is 10.9 Å². The lowest BCUT2D eigenvalue weighted by Gasteiger charge is -2.04. The molecular formula is C19H15NO4. The summed E-state index contributed by atoms with van der Waals surface area (Å²) in [4.78, 5) is 28.1. The number of furan rings is 1. The molecule has 120 valence electrons. The number of aromatic nitrogens is 1. The Balaban J connectivity index is 1.75. The van der Waals surface area contributed by atoms with Gasteiger partial charge in [-0.2, -0.15) is 0 Å². The van der Waals surface area contributed by atoms with Crippen LogP contribution in [0.3, 0.4) is 0 Å². The Morgan fingerprint density at radius 1 is 1.17 bits per heavy atom. The van der Waals surface area contributed by atoms with Crippen LogP contribution in [0.15, 0.2) is 47.1 Å². The summed E-state index contributed by atoms with van der Waals surface area (Å²) < 4.78 is 10.9. The van der Waals surface area contributed by atoms with E-state index >= 15 is 0 Å². The monoisotopic (exact) mass is 321 g/mol. The van der Waals surface area contributed by atoms with Crippen molar-refractivity contribution in [1.29, 1.82) is 0 Å². The number of rotatable bonds is 4. The minimum Gasteiger partial charge on any atom is -0.460 e. The first-order chi connectivity index (χ1) is 11.6. The van der Waals surface area contributed by atoms with Gasteiger partial charge in [-0.15, -0.1) is 0 Å². The van der Waals surface area contributed by atoms with Crippen molar-refractivity contribution in [2.45, 2.75) is 25.7 Å². The van der Waals surface area contributed by atoms with Gasteiger partial charge >= 0.3 is 5.97 Å². The summed E-state index contributed by atoms with van der Waals surface area (Å²) in [5, 5.41) is 0.744. The molecule has 0 saturated heterocycles. The van der Waals surface area contributed by atoms with Crippen molar-refractivity contribution in [2.24, 2.45) is 0 Å². The first-order valence-electron chi connectivity index (χ1n) is 7.83. The van der Waals surface area contributed by atoms with Crippen molar-refractivity contribution < 1.29 is 18.7 Å². The third-order valence-corrected chi connectivity index (χ3v) is 4.07. The van der Waals surface area contributed by atoms with Gasteiger partial charge in [0.2, 0.25) is 0 Å².